The second kappa shape index (κ2) is 10.5. The van der Waals surface area contributed by atoms with Crippen LogP contribution in [0.25, 0.3) is 6.08 Å². The van der Waals surface area contributed by atoms with Crippen molar-refractivity contribution in [2.75, 3.05) is 13.7 Å². The van der Waals surface area contributed by atoms with Crippen molar-refractivity contribution in [1.29, 1.82) is 0 Å². The van der Waals surface area contributed by atoms with Crippen molar-refractivity contribution in [2.45, 2.75) is 30.7 Å². The number of aliphatic hydroxyl groups excluding tert-OH is 4. The zero-order valence-electron chi connectivity index (χ0n) is 17.4. The van der Waals surface area contributed by atoms with Crippen molar-refractivity contribution in [2.24, 2.45) is 0 Å². The van der Waals surface area contributed by atoms with E-state index in [1.54, 1.807) is 24.3 Å². The number of methoxy groups -OCH3 is 1. The molecule has 11 nitrogen and oxygen atoms in total. The van der Waals surface area contributed by atoms with Gasteiger partial charge in [-0.1, -0.05) is 12.1 Å². The second-order valence-electron chi connectivity index (χ2n) is 7.13. The average Bonchev–Trinajstić information content (AvgIpc) is 2.81. The zero-order valence-corrected chi connectivity index (χ0v) is 17.4. The molecule has 5 atom stereocenters. The van der Waals surface area contributed by atoms with Gasteiger partial charge in [0, 0.05) is 18.2 Å². The number of ether oxygens (including phenoxy) is 4. The molecular formula is C22H24O11. The Morgan fingerprint density at radius 3 is 2.36 bits per heavy atom. The Morgan fingerprint density at radius 1 is 1.03 bits per heavy atom. The van der Waals surface area contributed by atoms with Gasteiger partial charge in [-0.05, 0) is 23.8 Å². The zero-order chi connectivity index (χ0) is 24.1. The number of phenols is 2. The van der Waals surface area contributed by atoms with Crippen molar-refractivity contribution < 1.29 is 54.4 Å². The van der Waals surface area contributed by atoms with Crippen LogP contribution in [0, 0.1) is 0 Å². The predicted molar refractivity (Wildman–Crippen MR) is 112 cm³/mol. The molecule has 0 spiro atoms. The first kappa shape index (κ1) is 24.3. The van der Waals surface area contributed by atoms with E-state index in [4.69, 9.17) is 18.9 Å². The van der Waals surface area contributed by atoms with Crippen LogP contribution < -0.4 is 14.2 Å². The Labute approximate surface area is 188 Å². The summed E-state index contributed by atoms with van der Waals surface area (Å²) in [5, 5.41) is 59.1. The van der Waals surface area contributed by atoms with Crippen LogP contribution in [0.5, 0.6) is 28.7 Å². The van der Waals surface area contributed by atoms with Crippen LogP contribution in [0.4, 0.5) is 0 Å². The van der Waals surface area contributed by atoms with Crippen LogP contribution in [0.3, 0.4) is 0 Å². The van der Waals surface area contributed by atoms with Crippen molar-refractivity contribution in [3.05, 3.63) is 48.0 Å². The van der Waals surface area contributed by atoms with Crippen molar-refractivity contribution in [1.82, 2.24) is 0 Å². The number of hydrogen-bond acceptors (Lipinski definition) is 11. The third-order valence-electron chi connectivity index (χ3n) is 4.87. The lowest BCUT2D eigenvalue weighted by molar-refractivity contribution is -0.277. The first-order chi connectivity index (χ1) is 15.7. The molecule has 0 bridgehead atoms. The molecule has 0 aliphatic carbocycles. The number of esters is 1. The summed E-state index contributed by atoms with van der Waals surface area (Å²) in [4.78, 5) is 12.1. The molecule has 1 saturated heterocycles. The van der Waals surface area contributed by atoms with Gasteiger partial charge >= 0.3 is 5.97 Å². The summed E-state index contributed by atoms with van der Waals surface area (Å²) in [6.45, 7) is -0.680. The van der Waals surface area contributed by atoms with Crippen LogP contribution in [0.15, 0.2) is 42.5 Å². The fraction of sp³-hybridized carbons (Fsp3) is 0.318. The molecule has 33 heavy (non-hydrogen) atoms. The quantitative estimate of drug-likeness (QED) is 0.140. The van der Waals surface area contributed by atoms with Crippen LogP contribution >= 0.6 is 0 Å². The molecule has 0 amide bonds. The number of carbonyl (C=O) groups is 1. The van der Waals surface area contributed by atoms with Gasteiger partial charge in [0.1, 0.15) is 35.9 Å². The molecule has 11 heteroatoms. The normalized spacial score (nSPS) is 25.1. The minimum atomic E-state index is -1.75. The lowest BCUT2D eigenvalue weighted by Gasteiger charge is -2.39. The maximum Gasteiger partial charge on any atom is 0.336 e. The smallest absolute Gasteiger partial charge is 0.336 e. The first-order valence-electron chi connectivity index (χ1n) is 9.80. The summed E-state index contributed by atoms with van der Waals surface area (Å²) >= 11 is 0. The molecule has 5 unspecified atom stereocenters. The van der Waals surface area contributed by atoms with Gasteiger partial charge in [-0.15, -0.1) is 0 Å². The maximum absolute atomic E-state index is 12.1. The highest BCUT2D eigenvalue weighted by Crippen LogP contribution is 2.41. The number of benzene rings is 2. The second-order valence-corrected chi connectivity index (χ2v) is 7.13. The Balaban J connectivity index is 1.72. The number of aliphatic hydroxyl groups is 4. The molecule has 0 aromatic heterocycles. The first-order valence-corrected chi connectivity index (χ1v) is 9.80. The minimum absolute atomic E-state index is 0.200. The number of phenolic OH excluding ortho intramolecular Hbond substituents is 2. The molecule has 2 aromatic carbocycles. The molecule has 2 aromatic rings. The lowest BCUT2D eigenvalue weighted by atomic mass is 9.99. The third-order valence-corrected chi connectivity index (χ3v) is 4.87. The van der Waals surface area contributed by atoms with Crippen LogP contribution in [-0.4, -0.2) is 81.0 Å². The Bertz CT molecular complexity index is 987. The lowest BCUT2D eigenvalue weighted by Crippen LogP contribution is -2.60. The highest BCUT2D eigenvalue weighted by molar-refractivity contribution is 5.88. The number of hydrogen-bond donors (Lipinski definition) is 6. The Kier molecular flexibility index (Phi) is 7.74. The van der Waals surface area contributed by atoms with E-state index in [1.807, 2.05) is 0 Å². The summed E-state index contributed by atoms with van der Waals surface area (Å²) in [5.74, 6) is -2.23. The van der Waals surface area contributed by atoms with Gasteiger partial charge in [0.25, 0.3) is 0 Å². The Morgan fingerprint density at radius 2 is 1.73 bits per heavy atom. The third kappa shape index (κ3) is 5.72. The molecule has 1 aliphatic rings. The highest BCUT2D eigenvalue weighted by Gasteiger charge is 2.45. The largest absolute Gasteiger partial charge is 0.504 e. The van der Waals surface area contributed by atoms with Crippen molar-refractivity contribution >= 4 is 12.0 Å². The van der Waals surface area contributed by atoms with Crippen LogP contribution in [0.2, 0.25) is 0 Å². The van der Waals surface area contributed by atoms with Crippen LogP contribution in [0.1, 0.15) is 5.56 Å². The summed E-state index contributed by atoms with van der Waals surface area (Å²) in [6, 6.07) is 8.89. The average molecular weight is 464 g/mol. The molecule has 3 rings (SSSR count). The molecule has 1 aliphatic heterocycles. The van der Waals surface area contributed by atoms with Gasteiger partial charge in [-0.3, -0.25) is 0 Å². The Hall–Kier alpha value is -3.35. The van der Waals surface area contributed by atoms with E-state index in [2.05, 4.69) is 0 Å². The molecule has 0 radical (unpaired) electrons. The van der Waals surface area contributed by atoms with E-state index in [1.165, 1.54) is 13.2 Å². The molecule has 178 valence electrons. The van der Waals surface area contributed by atoms with E-state index in [-0.39, 0.29) is 5.75 Å². The van der Waals surface area contributed by atoms with Gasteiger partial charge in [0.15, 0.2) is 11.5 Å². The number of carbonyl (C=O) groups excluding carboxylic acids is 1. The molecule has 1 fully saturated rings. The summed E-state index contributed by atoms with van der Waals surface area (Å²) in [6.07, 6.45) is -5.28. The fourth-order valence-corrected chi connectivity index (χ4v) is 3.04. The SMILES string of the molecule is COc1ccc(C=CC(=O)Oc2cc(O)c(O)c(OC3OC(CO)C(O)C(O)C3O)c2)cc1. The topological polar surface area (TPSA) is 175 Å². The summed E-state index contributed by atoms with van der Waals surface area (Å²) in [7, 11) is 1.53. The summed E-state index contributed by atoms with van der Waals surface area (Å²) < 4.78 is 20.7. The molecule has 6 N–H and O–H groups in total. The number of rotatable bonds is 7. The highest BCUT2D eigenvalue weighted by atomic mass is 16.7. The fourth-order valence-electron chi connectivity index (χ4n) is 3.04. The summed E-state index contributed by atoms with van der Waals surface area (Å²) in [5.41, 5.74) is 0.702. The van der Waals surface area contributed by atoms with Gasteiger partial charge < -0.3 is 49.6 Å². The van der Waals surface area contributed by atoms with Crippen LogP contribution in [-0.2, 0) is 9.53 Å². The monoisotopic (exact) mass is 464 g/mol. The van der Waals surface area contributed by atoms with Crippen molar-refractivity contribution in [3.63, 3.8) is 0 Å². The van der Waals surface area contributed by atoms with E-state index in [0.717, 1.165) is 18.2 Å². The van der Waals surface area contributed by atoms with E-state index < -0.39 is 60.5 Å². The van der Waals surface area contributed by atoms with E-state index in [0.29, 0.717) is 11.3 Å². The standard InChI is InChI=1S/C22H24O11/c1-30-12-5-2-11(3-6-12)4-7-17(25)31-13-8-14(24)18(26)15(9-13)32-22-21(29)20(28)19(27)16(10-23)33-22/h2-9,16,19-24,26-29H,10H2,1H3. The van der Waals surface area contributed by atoms with E-state index in [9.17, 15) is 35.4 Å². The van der Waals surface area contributed by atoms with Gasteiger partial charge in [-0.25, -0.2) is 4.79 Å². The molecule has 1 heterocycles. The predicted octanol–water partition coefficient (Wildman–Crippen LogP) is -0.0961. The van der Waals surface area contributed by atoms with Gasteiger partial charge in [-0.2, -0.15) is 0 Å². The maximum atomic E-state index is 12.1. The van der Waals surface area contributed by atoms with Crippen molar-refractivity contribution in [3.8, 4) is 28.7 Å². The molecular weight excluding hydrogens is 440 g/mol. The minimum Gasteiger partial charge on any atom is -0.504 e. The number of aromatic hydroxyl groups is 2. The van der Waals surface area contributed by atoms with E-state index >= 15 is 0 Å². The van der Waals surface area contributed by atoms with Gasteiger partial charge in [0.2, 0.25) is 12.0 Å². The molecule has 0 saturated carbocycles. The van der Waals surface area contributed by atoms with Gasteiger partial charge in [0.05, 0.1) is 13.7 Å².